The highest BCUT2D eigenvalue weighted by molar-refractivity contribution is 5.75. The van der Waals surface area contributed by atoms with Crippen LogP contribution >= 0.6 is 0 Å². The number of allylic oxidation sites excluding steroid dienone is 1. The van der Waals surface area contributed by atoms with Gasteiger partial charge in [0.25, 0.3) is 0 Å². The fourth-order valence-electron chi connectivity index (χ4n) is 1.98. The van der Waals surface area contributed by atoms with Crippen molar-refractivity contribution in [2.75, 3.05) is 7.11 Å². The van der Waals surface area contributed by atoms with Crippen molar-refractivity contribution in [3.63, 3.8) is 0 Å². The van der Waals surface area contributed by atoms with Gasteiger partial charge in [-0.05, 0) is 24.1 Å². The van der Waals surface area contributed by atoms with Crippen molar-refractivity contribution >= 4 is 5.97 Å². The van der Waals surface area contributed by atoms with Gasteiger partial charge in [0, 0.05) is 5.92 Å². The standard InChI is InChI=1S/C13H13FO2/c1-16-13(15)11-3-2-10(8-11)9-4-6-12(14)7-5-9/h2-7,10-11H,8H2,1H3/t10-,11-/m1/s1. The maximum Gasteiger partial charge on any atom is 0.312 e. The fourth-order valence-corrected chi connectivity index (χ4v) is 1.98. The van der Waals surface area contributed by atoms with Gasteiger partial charge in [-0.25, -0.2) is 4.39 Å². The summed E-state index contributed by atoms with van der Waals surface area (Å²) in [6, 6.07) is 6.39. The molecule has 0 aromatic heterocycles. The molecule has 0 unspecified atom stereocenters. The number of ether oxygens (including phenoxy) is 1. The fraction of sp³-hybridized carbons (Fsp3) is 0.308. The van der Waals surface area contributed by atoms with Crippen LogP contribution in [-0.2, 0) is 9.53 Å². The molecule has 2 nitrogen and oxygen atoms in total. The molecule has 0 heterocycles. The summed E-state index contributed by atoms with van der Waals surface area (Å²) in [7, 11) is 1.39. The van der Waals surface area contributed by atoms with Crippen LogP contribution in [0.2, 0.25) is 0 Å². The Hall–Kier alpha value is -1.64. The molecule has 0 radical (unpaired) electrons. The number of esters is 1. The van der Waals surface area contributed by atoms with Crippen molar-refractivity contribution in [2.45, 2.75) is 12.3 Å². The molecule has 1 aromatic rings. The Kier molecular flexibility index (Phi) is 3.04. The molecule has 0 saturated carbocycles. The Morgan fingerprint density at radius 1 is 1.31 bits per heavy atom. The Morgan fingerprint density at radius 3 is 2.62 bits per heavy atom. The second kappa shape index (κ2) is 4.47. The maximum absolute atomic E-state index is 12.7. The van der Waals surface area contributed by atoms with Crippen LogP contribution in [0, 0.1) is 11.7 Å². The van der Waals surface area contributed by atoms with Gasteiger partial charge >= 0.3 is 5.97 Å². The monoisotopic (exact) mass is 220 g/mol. The van der Waals surface area contributed by atoms with Gasteiger partial charge < -0.3 is 4.74 Å². The molecule has 0 N–H and O–H groups in total. The van der Waals surface area contributed by atoms with Gasteiger partial charge in [0.1, 0.15) is 5.82 Å². The zero-order chi connectivity index (χ0) is 11.5. The summed E-state index contributed by atoms with van der Waals surface area (Å²) in [5.74, 6) is -0.430. The molecule has 2 rings (SSSR count). The summed E-state index contributed by atoms with van der Waals surface area (Å²) in [5, 5.41) is 0. The quantitative estimate of drug-likeness (QED) is 0.565. The van der Waals surface area contributed by atoms with E-state index in [1.165, 1.54) is 19.2 Å². The summed E-state index contributed by atoms with van der Waals surface area (Å²) in [5.41, 5.74) is 1.03. The van der Waals surface area contributed by atoms with Gasteiger partial charge in [0.05, 0.1) is 13.0 Å². The van der Waals surface area contributed by atoms with Crippen LogP contribution in [0.3, 0.4) is 0 Å². The van der Waals surface area contributed by atoms with Gasteiger partial charge in [0.15, 0.2) is 0 Å². The highest BCUT2D eigenvalue weighted by atomic mass is 19.1. The first-order valence-corrected chi connectivity index (χ1v) is 5.22. The zero-order valence-electron chi connectivity index (χ0n) is 9.02. The highest BCUT2D eigenvalue weighted by Crippen LogP contribution is 2.32. The van der Waals surface area contributed by atoms with Crippen LogP contribution in [-0.4, -0.2) is 13.1 Å². The van der Waals surface area contributed by atoms with Crippen LogP contribution < -0.4 is 0 Å². The maximum atomic E-state index is 12.7. The molecule has 0 saturated heterocycles. The third-order valence-electron chi connectivity index (χ3n) is 2.89. The Labute approximate surface area is 93.7 Å². The molecule has 0 bridgehead atoms. The second-order valence-electron chi connectivity index (χ2n) is 3.91. The first-order valence-electron chi connectivity index (χ1n) is 5.22. The summed E-state index contributed by atoms with van der Waals surface area (Å²) >= 11 is 0. The lowest BCUT2D eigenvalue weighted by molar-refractivity contribution is -0.143. The smallest absolute Gasteiger partial charge is 0.312 e. The number of hydrogen-bond donors (Lipinski definition) is 0. The van der Waals surface area contributed by atoms with Crippen LogP contribution in [0.4, 0.5) is 4.39 Å². The minimum Gasteiger partial charge on any atom is -0.469 e. The summed E-state index contributed by atoms with van der Waals surface area (Å²) < 4.78 is 17.4. The molecule has 1 aromatic carbocycles. The van der Waals surface area contributed by atoms with Gasteiger partial charge in [-0.15, -0.1) is 0 Å². The first-order chi connectivity index (χ1) is 7.70. The van der Waals surface area contributed by atoms with E-state index in [0.717, 1.165) is 5.56 Å². The van der Waals surface area contributed by atoms with Crippen LogP contribution in [0.15, 0.2) is 36.4 Å². The second-order valence-corrected chi connectivity index (χ2v) is 3.91. The SMILES string of the molecule is COC(=O)[C@@H]1C=C[C@@H](c2ccc(F)cc2)C1. The predicted octanol–water partition coefficient (Wildman–Crippen LogP) is 2.66. The average molecular weight is 220 g/mol. The molecule has 2 atom stereocenters. The molecule has 3 heteroatoms. The third kappa shape index (κ3) is 2.13. The summed E-state index contributed by atoms with van der Waals surface area (Å²) in [4.78, 5) is 11.3. The molecular formula is C13H13FO2. The van der Waals surface area contributed by atoms with Crippen molar-refractivity contribution in [1.82, 2.24) is 0 Å². The van der Waals surface area contributed by atoms with Crippen molar-refractivity contribution in [2.24, 2.45) is 5.92 Å². The van der Waals surface area contributed by atoms with Crippen LogP contribution in [0.5, 0.6) is 0 Å². The Morgan fingerprint density at radius 2 is 2.00 bits per heavy atom. The summed E-state index contributed by atoms with van der Waals surface area (Å²) in [6.45, 7) is 0. The van der Waals surface area contributed by atoms with Crippen molar-refractivity contribution < 1.29 is 13.9 Å². The first kappa shape index (κ1) is 10.9. The zero-order valence-corrected chi connectivity index (χ0v) is 9.02. The van der Waals surface area contributed by atoms with Crippen molar-refractivity contribution in [3.8, 4) is 0 Å². The van der Waals surface area contributed by atoms with Crippen LogP contribution in [0.25, 0.3) is 0 Å². The van der Waals surface area contributed by atoms with E-state index >= 15 is 0 Å². The lowest BCUT2D eigenvalue weighted by Crippen LogP contribution is -2.12. The minimum absolute atomic E-state index is 0.167. The Balaban J connectivity index is 2.07. The van der Waals surface area contributed by atoms with E-state index in [0.29, 0.717) is 6.42 Å². The molecule has 1 aliphatic rings. The van der Waals surface area contributed by atoms with Crippen LogP contribution in [0.1, 0.15) is 17.9 Å². The van der Waals surface area contributed by atoms with Gasteiger partial charge in [-0.3, -0.25) is 4.79 Å². The average Bonchev–Trinajstić information content (AvgIpc) is 2.78. The molecule has 84 valence electrons. The normalized spacial score (nSPS) is 23.4. The minimum atomic E-state index is -0.241. The number of carbonyl (C=O) groups excluding carboxylic acids is 1. The van der Waals surface area contributed by atoms with E-state index in [9.17, 15) is 9.18 Å². The number of hydrogen-bond acceptors (Lipinski definition) is 2. The predicted molar refractivity (Wildman–Crippen MR) is 58.4 cm³/mol. The third-order valence-corrected chi connectivity index (χ3v) is 2.89. The molecular weight excluding hydrogens is 207 g/mol. The van der Waals surface area contributed by atoms with Crippen molar-refractivity contribution in [3.05, 3.63) is 47.8 Å². The number of halogens is 1. The van der Waals surface area contributed by atoms with E-state index in [1.54, 1.807) is 12.1 Å². The Bertz CT molecular complexity index is 408. The molecule has 0 amide bonds. The number of methoxy groups -OCH3 is 1. The molecule has 0 spiro atoms. The topological polar surface area (TPSA) is 26.3 Å². The van der Waals surface area contributed by atoms with Gasteiger partial charge in [-0.2, -0.15) is 0 Å². The lowest BCUT2D eigenvalue weighted by atomic mass is 9.96. The number of carbonyl (C=O) groups is 1. The van der Waals surface area contributed by atoms with Gasteiger partial charge in [-0.1, -0.05) is 24.3 Å². The molecule has 1 aliphatic carbocycles. The largest absolute Gasteiger partial charge is 0.469 e. The van der Waals surface area contributed by atoms with Gasteiger partial charge in [0.2, 0.25) is 0 Å². The summed E-state index contributed by atoms with van der Waals surface area (Å²) in [6.07, 6.45) is 4.55. The number of rotatable bonds is 2. The van der Waals surface area contributed by atoms with Crippen molar-refractivity contribution in [1.29, 1.82) is 0 Å². The number of benzene rings is 1. The highest BCUT2D eigenvalue weighted by Gasteiger charge is 2.26. The van der Waals surface area contributed by atoms with E-state index in [-0.39, 0.29) is 23.6 Å². The van der Waals surface area contributed by atoms with E-state index in [2.05, 4.69) is 4.74 Å². The van der Waals surface area contributed by atoms with E-state index in [1.807, 2.05) is 12.2 Å². The van der Waals surface area contributed by atoms with E-state index in [4.69, 9.17) is 0 Å². The lowest BCUT2D eigenvalue weighted by Gasteiger charge is -2.10. The molecule has 0 aliphatic heterocycles. The molecule has 0 fully saturated rings. The van der Waals surface area contributed by atoms with E-state index < -0.39 is 0 Å². The molecule has 16 heavy (non-hydrogen) atoms.